The van der Waals surface area contributed by atoms with Gasteiger partial charge in [-0.05, 0) is 24.5 Å². The molecule has 2 atom stereocenters. The highest BCUT2D eigenvalue weighted by Gasteiger charge is 2.36. The average Bonchev–Trinajstić information content (AvgIpc) is 2.91. The SMILES string of the molecule is O=C(c1ccccc1)N1C[C@H]2C=C[C@@H]1C2. The minimum Gasteiger partial charge on any atom is -0.332 e. The molecule has 0 N–H and O–H groups in total. The molecule has 2 heteroatoms. The first-order valence-corrected chi connectivity index (χ1v) is 5.39. The number of hydrogen-bond donors (Lipinski definition) is 0. The summed E-state index contributed by atoms with van der Waals surface area (Å²) in [5.41, 5.74) is 0.804. The Morgan fingerprint density at radius 1 is 1.20 bits per heavy atom. The van der Waals surface area contributed by atoms with Crippen molar-refractivity contribution in [2.24, 2.45) is 5.92 Å². The van der Waals surface area contributed by atoms with Crippen molar-refractivity contribution in [2.75, 3.05) is 6.54 Å². The summed E-state index contributed by atoms with van der Waals surface area (Å²) in [5, 5.41) is 0. The van der Waals surface area contributed by atoms with Crippen LogP contribution in [0.25, 0.3) is 0 Å². The van der Waals surface area contributed by atoms with E-state index in [9.17, 15) is 4.79 Å². The van der Waals surface area contributed by atoms with Gasteiger partial charge in [0.05, 0.1) is 6.04 Å². The van der Waals surface area contributed by atoms with E-state index in [1.807, 2.05) is 35.2 Å². The number of carbonyl (C=O) groups excluding carboxylic acids is 1. The molecule has 1 heterocycles. The quantitative estimate of drug-likeness (QED) is 0.634. The molecular formula is C13H13NO. The third-order valence-corrected chi connectivity index (χ3v) is 3.26. The highest BCUT2D eigenvalue weighted by atomic mass is 16.2. The number of benzene rings is 1. The van der Waals surface area contributed by atoms with Gasteiger partial charge in [0, 0.05) is 12.1 Å². The lowest BCUT2D eigenvalue weighted by Gasteiger charge is -2.23. The Morgan fingerprint density at radius 3 is 2.60 bits per heavy atom. The molecule has 76 valence electrons. The smallest absolute Gasteiger partial charge is 0.254 e. The molecule has 1 aromatic carbocycles. The van der Waals surface area contributed by atoms with E-state index < -0.39 is 0 Å². The van der Waals surface area contributed by atoms with E-state index in [4.69, 9.17) is 0 Å². The Hall–Kier alpha value is -1.57. The van der Waals surface area contributed by atoms with Crippen LogP contribution in [0.2, 0.25) is 0 Å². The predicted molar refractivity (Wildman–Crippen MR) is 58.5 cm³/mol. The lowest BCUT2D eigenvalue weighted by molar-refractivity contribution is 0.0754. The van der Waals surface area contributed by atoms with Gasteiger partial charge in [-0.3, -0.25) is 4.79 Å². The third-order valence-electron chi connectivity index (χ3n) is 3.26. The van der Waals surface area contributed by atoms with Crippen LogP contribution in [0, 0.1) is 5.92 Å². The molecule has 0 aromatic heterocycles. The largest absolute Gasteiger partial charge is 0.332 e. The molecule has 15 heavy (non-hydrogen) atoms. The lowest BCUT2D eigenvalue weighted by atomic mass is 10.1. The summed E-state index contributed by atoms with van der Waals surface area (Å²) < 4.78 is 0. The molecule has 1 fully saturated rings. The predicted octanol–water partition coefficient (Wildman–Crippen LogP) is 2.09. The van der Waals surface area contributed by atoms with Crippen molar-refractivity contribution >= 4 is 5.91 Å². The van der Waals surface area contributed by atoms with E-state index in [2.05, 4.69) is 12.2 Å². The Balaban J connectivity index is 1.85. The van der Waals surface area contributed by atoms with Gasteiger partial charge in [0.1, 0.15) is 0 Å². The Kier molecular flexibility index (Phi) is 1.88. The maximum Gasteiger partial charge on any atom is 0.254 e. The van der Waals surface area contributed by atoms with Crippen molar-refractivity contribution < 1.29 is 4.79 Å². The standard InChI is InChI=1S/C13H13NO/c15-13(11-4-2-1-3-5-11)14-9-10-6-7-12(14)8-10/h1-7,10,12H,8-9H2/t10-,12+/m0/s1. The van der Waals surface area contributed by atoms with Crippen LogP contribution in [0.15, 0.2) is 42.5 Å². The summed E-state index contributed by atoms with van der Waals surface area (Å²) in [6, 6.07) is 9.89. The first kappa shape index (κ1) is 8.72. The van der Waals surface area contributed by atoms with Crippen LogP contribution >= 0.6 is 0 Å². The van der Waals surface area contributed by atoms with Gasteiger partial charge >= 0.3 is 0 Å². The number of hydrogen-bond acceptors (Lipinski definition) is 1. The van der Waals surface area contributed by atoms with Gasteiger partial charge in [0.2, 0.25) is 0 Å². The van der Waals surface area contributed by atoms with Gasteiger partial charge in [-0.1, -0.05) is 30.4 Å². The van der Waals surface area contributed by atoms with Gasteiger partial charge in [-0.2, -0.15) is 0 Å². The Morgan fingerprint density at radius 2 is 2.00 bits per heavy atom. The zero-order valence-corrected chi connectivity index (χ0v) is 8.47. The number of rotatable bonds is 1. The molecule has 1 saturated heterocycles. The molecule has 2 nitrogen and oxygen atoms in total. The van der Waals surface area contributed by atoms with Crippen molar-refractivity contribution in [3.8, 4) is 0 Å². The van der Waals surface area contributed by atoms with Crippen molar-refractivity contribution in [1.82, 2.24) is 4.90 Å². The molecule has 0 saturated carbocycles. The Bertz CT molecular complexity index is 410. The van der Waals surface area contributed by atoms with Gasteiger partial charge in [-0.15, -0.1) is 0 Å². The van der Waals surface area contributed by atoms with E-state index in [0.29, 0.717) is 12.0 Å². The Labute approximate surface area is 89.2 Å². The summed E-state index contributed by atoms with van der Waals surface area (Å²) in [6.45, 7) is 0.898. The summed E-state index contributed by atoms with van der Waals surface area (Å²) in [4.78, 5) is 14.1. The number of likely N-dealkylation sites (tertiary alicyclic amines) is 1. The van der Waals surface area contributed by atoms with Gasteiger partial charge in [0.15, 0.2) is 0 Å². The van der Waals surface area contributed by atoms with Gasteiger partial charge in [-0.25, -0.2) is 0 Å². The van der Waals surface area contributed by atoms with Crippen LogP contribution in [0.4, 0.5) is 0 Å². The fourth-order valence-corrected chi connectivity index (χ4v) is 2.49. The normalized spacial score (nSPS) is 27.3. The molecule has 0 radical (unpaired) electrons. The molecule has 2 bridgehead atoms. The zero-order chi connectivity index (χ0) is 10.3. The summed E-state index contributed by atoms with van der Waals surface area (Å²) in [7, 11) is 0. The fourth-order valence-electron chi connectivity index (χ4n) is 2.49. The van der Waals surface area contributed by atoms with Gasteiger partial charge in [0.25, 0.3) is 5.91 Å². The second-order valence-electron chi connectivity index (χ2n) is 4.27. The van der Waals surface area contributed by atoms with E-state index in [1.54, 1.807) is 0 Å². The summed E-state index contributed by atoms with van der Waals surface area (Å²) in [5.74, 6) is 0.773. The lowest BCUT2D eigenvalue weighted by Crippen LogP contribution is -2.35. The molecule has 0 unspecified atom stereocenters. The number of nitrogens with zero attached hydrogens (tertiary/aromatic N) is 1. The van der Waals surface area contributed by atoms with Crippen molar-refractivity contribution in [2.45, 2.75) is 12.5 Å². The monoisotopic (exact) mass is 199 g/mol. The molecule has 0 spiro atoms. The molecule has 2 aliphatic rings. The van der Waals surface area contributed by atoms with Crippen molar-refractivity contribution in [3.63, 3.8) is 0 Å². The zero-order valence-electron chi connectivity index (χ0n) is 8.47. The summed E-state index contributed by atoms with van der Waals surface area (Å²) >= 11 is 0. The highest BCUT2D eigenvalue weighted by molar-refractivity contribution is 5.94. The van der Waals surface area contributed by atoms with Crippen LogP contribution in [-0.4, -0.2) is 23.4 Å². The third kappa shape index (κ3) is 1.37. The first-order valence-electron chi connectivity index (χ1n) is 5.39. The topological polar surface area (TPSA) is 20.3 Å². The van der Waals surface area contributed by atoms with Crippen molar-refractivity contribution in [1.29, 1.82) is 0 Å². The summed E-state index contributed by atoms with van der Waals surface area (Å²) in [6.07, 6.45) is 5.52. The second kappa shape index (κ2) is 3.23. The van der Waals surface area contributed by atoms with Crippen LogP contribution in [0.1, 0.15) is 16.8 Å². The van der Waals surface area contributed by atoms with Crippen LogP contribution in [-0.2, 0) is 0 Å². The number of carbonyl (C=O) groups is 1. The van der Waals surface area contributed by atoms with E-state index in [0.717, 1.165) is 18.5 Å². The number of amides is 1. The molecule has 1 aliphatic heterocycles. The van der Waals surface area contributed by atoms with Crippen LogP contribution < -0.4 is 0 Å². The maximum atomic E-state index is 12.1. The molecule has 1 aliphatic carbocycles. The van der Waals surface area contributed by atoms with E-state index >= 15 is 0 Å². The fraction of sp³-hybridized carbons (Fsp3) is 0.308. The second-order valence-corrected chi connectivity index (χ2v) is 4.27. The van der Waals surface area contributed by atoms with Gasteiger partial charge < -0.3 is 4.90 Å². The van der Waals surface area contributed by atoms with E-state index in [-0.39, 0.29) is 5.91 Å². The minimum atomic E-state index is 0.174. The molecular weight excluding hydrogens is 186 g/mol. The van der Waals surface area contributed by atoms with E-state index in [1.165, 1.54) is 0 Å². The van der Waals surface area contributed by atoms with Crippen LogP contribution in [0.3, 0.4) is 0 Å². The first-order chi connectivity index (χ1) is 7.34. The van der Waals surface area contributed by atoms with Crippen molar-refractivity contribution in [3.05, 3.63) is 48.0 Å². The molecule has 1 amide bonds. The van der Waals surface area contributed by atoms with Crippen LogP contribution in [0.5, 0.6) is 0 Å². The average molecular weight is 199 g/mol. The minimum absolute atomic E-state index is 0.174. The molecule has 1 aromatic rings. The maximum absolute atomic E-state index is 12.1. The highest BCUT2D eigenvalue weighted by Crippen LogP contribution is 2.32. The number of fused-ring (bicyclic) bond motifs is 2. The molecule has 3 rings (SSSR count).